The number of anilines is 1. The molecule has 2 amide bonds. The molecule has 0 bridgehead atoms. The van der Waals surface area contributed by atoms with Crippen LogP contribution in [0, 0.1) is 0 Å². The molecule has 1 saturated carbocycles. The van der Waals surface area contributed by atoms with E-state index in [4.69, 9.17) is 0 Å². The van der Waals surface area contributed by atoms with Crippen LogP contribution in [0.15, 0.2) is 24.3 Å². The Kier molecular flexibility index (Phi) is 4.81. The predicted octanol–water partition coefficient (Wildman–Crippen LogP) is 2.84. The third kappa shape index (κ3) is 3.05. The summed E-state index contributed by atoms with van der Waals surface area (Å²) in [7, 11) is -0.840. The summed E-state index contributed by atoms with van der Waals surface area (Å²) < 4.78 is 12.2. The van der Waals surface area contributed by atoms with Crippen molar-refractivity contribution in [3.8, 4) is 0 Å². The molecule has 3 rings (SSSR count). The van der Waals surface area contributed by atoms with Gasteiger partial charge in [0.25, 0.3) is 0 Å². The van der Waals surface area contributed by atoms with E-state index in [1.165, 1.54) is 5.56 Å². The predicted molar refractivity (Wildman–Crippen MR) is 90.8 cm³/mol. The zero-order valence-corrected chi connectivity index (χ0v) is 13.9. The van der Waals surface area contributed by atoms with Gasteiger partial charge in [-0.25, -0.2) is 4.79 Å². The van der Waals surface area contributed by atoms with E-state index in [0.717, 1.165) is 44.3 Å². The van der Waals surface area contributed by atoms with Gasteiger partial charge in [-0.15, -0.1) is 0 Å². The Hall–Kier alpha value is -1.36. The highest BCUT2D eigenvalue weighted by molar-refractivity contribution is 7.85. The van der Waals surface area contributed by atoms with Gasteiger partial charge in [0.1, 0.15) is 0 Å². The molecular weight excluding hydrogens is 296 g/mol. The molecule has 1 aromatic rings. The summed E-state index contributed by atoms with van der Waals surface area (Å²) in [5.41, 5.74) is 2.25. The van der Waals surface area contributed by atoms with Crippen LogP contribution in [0.25, 0.3) is 0 Å². The van der Waals surface area contributed by atoms with Crippen LogP contribution in [-0.2, 0) is 17.2 Å². The second-order valence-corrected chi connectivity index (χ2v) is 8.02. The maximum absolute atomic E-state index is 12.6. The molecule has 0 aromatic heterocycles. The fraction of sp³-hybridized carbons (Fsp3) is 0.588. The maximum atomic E-state index is 12.6. The van der Waals surface area contributed by atoms with Crippen molar-refractivity contribution in [2.24, 2.45) is 0 Å². The van der Waals surface area contributed by atoms with Gasteiger partial charge in [0.15, 0.2) is 0 Å². The number of fused-ring (bicyclic) bond motifs is 1. The van der Waals surface area contributed by atoms with Gasteiger partial charge in [-0.2, -0.15) is 0 Å². The number of para-hydroxylation sites is 1. The molecular formula is C17H24N2O2S. The smallest absolute Gasteiger partial charge is 0.322 e. The lowest BCUT2D eigenvalue weighted by atomic mass is 9.95. The molecule has 120 valence electrons. The molecule has 1 aliphatic carbocycles. The first kappa shape index (κ1) is 15.5. The standard InChI is InChI=1S/C17H24N2O2S/c1-2-22(21)16-10-6-4-8-14(16)18-17(20)19-12-11-13-7-3-5-9-15(13)19/h3,5,7,9,14,16H,2,4,6,8,10-12H2,1H3,(H,18,20)/t14-,16+,22+/m1/s1. The minimum atomic E-state index is -0.840. The zero-order chi connectivity index (χ0) is 15.5. The third-order valence-electron chi connectivity index (χ3n) is 4.77. The van der Waals surface area contributed by atoms with Gasteiger partial charge >= 0.3 is 6.03 Å². The van der Waals surface area contributed by atoms with Crippen molar-refractivity contribution in [3.05, 3.63) is 29.8 Å². The molecule has 0 spiro atoms. The van der Waals surface area contributed by atoms with E-state index in [1.807, 2.05) is 30.0 Å². The van der Waals surface area contributed by atoms with E-state index in [9.17, 15) is 9.00 Å². The van der Waals surface area contributed by atoms with Gasteiger partial charge in [-0.05, 0) is 30.9 Å². The highest BCUT2D eigenvalue weighted by Crippen LogP contribution is 2.28. The Balaban J connectivity index is 1.70. The molecule has 3 atom stereocenters. The van der Waals surface area contributed by atoms with Gasteiger partial charge in [0.05, 0.1) is 5.25 Å². The SMILES string of the molecule is CC[S@](=O)[C@H]1CCCC[C@H]1NC(=O)N1CCc2ccccc21. The molecule has 2 aliphatic rings. The second kappa shape index (κ2) is 6.82. The molecule has 1 aromatic carbocycles. The summed E-state index contributed by atoms with van der Waals surface area (Å²) in [6.07, 6.45) is 5.05. The van der Waals surface area contributed by atoms with Gasteiger partial charge in [0.2, 0.25) is 0 Å². The average molecular weight is 320 g/mol. The van der Waals surface area contributed by atoms with Crippen LogP contribution in [0.4, 0.5) is 10.5 Å². The normalized spacial score (nSPS) is 25.6. The largest absolute Gasteiger partial charge is 0.334 e. The Bertz CT molecular complexity index is 576. The highest BCUT2D eigenvalue weighted by atomic mass is 32.2. The molecule has 4 nitrogen and oxygen atoms in total. The number of hydrogen-bond acceptors (Lipinski definition) is 2. The highest BCUT2D eigenvalue weighted by Gasteiger charge is 2.32. The lowest BCUT2D eigenvalue weighted by Gasteiger charge is -2.32. The van der Waals surface area contributed by atoms with Crippen molar-refractivity contribution in [1.29, 1.82) is 0 Å². The molecule has 5 heteroatoms. The summed E-state index contributed by atoms with van der Waals surface area (Å²) in [6.45, 7) is 2.69. The van der Waals surface area contributed by atoms with Crippen LogP contribution >= 0.6 is 0 Å². The summed E-state index contributed by atoms with van der Waals surface area (Å²) in [5.74, 6) is 0.670. The van der Waals surface area contributed by atoms with Crippen molar-refractivity contribution in [1.82, 2.24) is 5.32 Å². The Morgan fingerprint density at radius 2 is 2.09 bits per heavy atom. The fourth-order valence-electron chi connectivity index (χ4n) is 3.58. The number of urea groups is 1. The number of nitrogens with zero attached hydrogens (tertiary/aromatic N) is 1. The minimum Gasteiger partial charge on any atom is -0.334 e. The van der Waals surface area contributed by atoms with Gasteiger partial charge in [0, 0.05) is 34.8 Å². The monoisotopic (exact) mass is 320 g/mol. The molecule has 0 radical (unpaired) electrons. The van der Waals surface area contributed by atoms with Crippen molar-refractivity contribution >= 4 is 22.5 Å². The number of nitrogens with one attached hydrogen (secondary N) is 1. The Labute approximate surface area is 134 Å². The molecule has 1 heterocycles. The first-order chi connectivity index (χ1) is 10.7. The first-order valence-corrected chi connectivity index (χ1v) is 9.62. The molecule has 1 aliphatic heterocycles. The number of carbonyl (C=O) groups excluding carboxylic acids is 1. The van der Waals surface area contributed by atoms with Crippen LogP contribution in [0.3, 0.4) is 0 Å². The van der Waals surface area contributed by atoms with E-state index in [-0.39, 0.29) is 17.3 Å². The van der Waals surface area contributed by atoms with Crippen molar-refractivity contribution in [3.63, 3.8) is 0 Å². The van der Waals surface area contributed by atoms with E-state index >= 15 is 0 Å². The average Bonchev–Trinajstić information content (AvgIpc) is 2.99. The molecule has 0 unspecified atom stereocenters. The molecule has 22 heavy (non-hydrogen) atoms. The fourth-order valence-corrected chi connectivity index (χ4v) is 5.00. The van der Waals surface area contributed by atoms with E-state index in [2.05, 4.69) is 11.4 Å². The van der Waals surface area contributed by atoms with Gasteiger partial charge in [-0.3, -0.25) is 9.11 Å². The number of carbonyl (C=O) groups is 1. The summed E-state index contributed by atoms with van der Waals surface area (Å²) in [6, 6.07) is 8.09. The topological polar surface area (TPSA) is 49.4 Å². The van der Waals surface area contributed by atoms with Crippen molar-refractivity contribution in [2.45, 2.75) is 50.3 Å². The van der Waals surface area contributed by atoms with Crippen molar-refractivity contribution < 1.29 is 9.00 Å². The van der Waals surface area contributed by atoms with E-state index in [1.54, 1.807) is 0 Å². The van der Waals surface area contributed by atoms with Crippen LogP contribution in [-0.4, -0.2) is 33.8 Å². The van der Waals surface area contributed by atoms with Crippen LogP contribution in [0.5, 0.6) is 0 Å². The summed E-state index contributed by atoms with van der Waals surface area (Å²) >= 11 is 0. The van der Waals surface area contributed by atoms with Gasteiger partial charge < -0.3 is 5.32 Å². The minimum absolute atomic E-state index is 0.0325. The zero-order valence-electron chi connectivity index (χ0n) is 13.1. The molecule has 1 fully saturated rings. The summed E-state index contributed by atoms with van der Waals surface area (Å²) in [5, 5.41) is 3.27. The quantitative estimate of drug-likeness (QED) is 0.931. The van der Waals surface area contributed by atoms with Crippen molar-refractivity contribution in [2.75, 3.05) is 17.2 Å². The van der Waals surface area contributed by atoms with Crippen LogP contribution in [0.2, 0.25) is 0 Å². The van der Waals surface area contributed by atoms with Gasteiger partial charge in [-0.1, -0.05) is 38.0 Å². The number of hydrogen-bond donors (Lipinski definition) is 1. The summed E-state index contributed by atoms with van der Waals surface area (Å²) in [4.78, 5) is 14.5. The number of amides is 2. The molecule has 1 N–H and O–H groups in total. The lowest BCUT2D eigenvalue weighted by molar-refractivity contribution is 0.239. The Morgan fingerprint density at radius 3 is 2.91 bits per heavy atom. The lowest BCUT2D eigenvalue weighted by Crippen LogP contribution is -2.51. The third-order valence-corrected chi connectivity index (χ3v) is 6.57. The van der Waals surface area contributed by atoms with E-state index < -0.39 is 10.8 Å². The number of benzene rings is 1. The first-order valence-electron chi connectivity index (χ1n) is 8.24. The molecule has 0 saturated heterocycles. The number of rotatable bonds is 3. The van der Waals surface area contributed by atoms with E-state index in [0.29, 0.717) is 5.75 Å². The second-order valence-electron chi connectivity index (χ2n) is 6.08. The van der Waals surface area contributed by atoms with Crippen LogP contribution < -0.4 is 10.2 Å². The van der Waals surface area contributed by atoms with Crippen LogP contribution in [0.1, 0.15) is 38.2 Å². The maximum Gasteiger partial charge on any atom is 0.322 e. The Morgan fingerprint density at radius 1 is 1.32 bits per heavy atom.